The molecular formula is C19H19F3N2O4S. The van der Waals surface area contributed by atoms with E-state index in [2.05, 4.69) is 10.0 Å². The van der Waals surface area contributed by atoms with Gasteiger partial charge in [-0.05, 0) is 55.7 Å². The second kappa shape index (κ2) is 8.03. The van der Waals surface area contributed by atoms with E-state index in [1.54, 1.807) is 13.0 Å². The first-order chi connectivity index (χ1) is 13.6. The summed E-state index contributed by atoms with van der Waals surface area (Å²) in [6.07, 6.45) is -3.82. The van der Waals surface area contributed by atoms with Crippen molar-refractivity contribution in [1.29, 1.82) is 0 Å². The molecule has 29 heavy (non-hydrogen) atoms. The zero-order valence-corrected chi connectivity index (χ0v) is 16.2. The molecule has 0 aliphatic carbocycles. The lowest BCUT2D eigenvalue weighted by Crippen LogP contribution is -2.27. The van der Waals surface area contributed by atoms with Crippen LogP contribution in [0.25, 0.3) is 0 Å². The molecule has 1 saturated heterocycles. The number of ether oxygens (including phenoxy) is 1. The number of amides is 1. The molecule has 2 aromatic rings. The van der Waals surface area contributed by atoms with E-state index in [1.165, 1.54) is 18.2 Å². The van der Waals surface area contributed by atoms with Gasteiger partial charge >= 0.3 is 6.18 Å². The summed E-state index contributed by atoms with van der Waals surface area (Å²) in [6, 6.07) is 8.23. The van der Waals surface area contributed by atoms with Crippen molar-refractivity contribution in [2.45, 2.75) is 36.9 Å². The third-order valence-corrected chi connectivity index (χ3v) is 5.93. The quantitative estimate of drug-likeness (QED) is 0.756. The minimum absolute atomic E-state index is 0.153. The summed E-state index contributed by atoms with van der Waals surface area (Å²) < 4.78 is 71.5. The summed E-state index contributed by atoms with van der Waals surface area (Å²) in [5.41, 5.74) is -0.555. The molecule has 0 unspecified atom stereocenters. The lowest BCUT2D eigenvalue weighted by molar-refractivity contribution is -0.137. The van der Waals surface area contributed by atoms with Gasteiger partial charge in [0.1, 0.15) is 6.10 Å². The number of nitrogens with one attached hydrogen (secondary N) is 2. The van der Waals surface area contributed by atoms with Gasteiger partial charge in [0.05, 0.1) is 10.5 Å². The zero-order valence-electron chi connectivity index (χ0n) is 15.4. The summed E-state index contributed by atoms with van der Waals surface area (Å²) >= 11 is 0. The Kier molecular flexibility index (Phi) is 5.85. The normalized spacial score (nSPS) is 17.2. The lowest BCUT2D eigenvalue weighted by atomic mass is 10.2. The predicted molar refractivity (Wildman–Crippen MR) is 101 cm³/mol. The fourth-order valence-corrected chi connectivity index (χ4v) is 4.26. The molecule has 1 fully saturated rings. The fourth-order valence-electron chi connectivity index (χ4n) is 2.94. The first-order valence-electron chi connectivity index (χ1n) is 8.79. The Balaban J connectivity index is 1.84. The maximum atomic E-state index is 12.9. The van der Waals surface area contributed by atoms with Crippen LogP contribution in [0.15, 0.2) is 47.4 Å². The molecule has 156 valence electrons. The van der Waals surface area contributed by atoms with Crippen LogP contribution in [0.4, 0.5) is 24.5 Å². The summed E-state index contributed by atoms with van der Waals surface area (Å²) in [6.45, 7) is 2.04. The largest absolute Gasteiger partial charge is 0.416 e. The third kappa shape index (κ3) is 5.07. The number of rotatable bonds is 5. The number of sulfonamides is 1. The van der Waals surface area contributed by atoms with Gasteiger partial charge in [0.15, 0.2) is 0 Å². The number of anilines is 2. The van der Waals surface area contributed by atoms with Crippen LogP contribution in [0.5, 0.6) is 0 Å². The number of aryl methyl sites for hydroxylation is 1. The van der Waals surface area contributed by atoms with Gasteiger partial charge in [-0.2, -0.15) is 13.2 Å². The first kappa shape index (κ1) is 21.1. The molecule has 0 saturated carbocycles. The molecule has 1 aliphatic rings. The topological polar surface area (TPSA) is 84.5 Å². The van der Waals surface area contributed by atoms with Crippen molar-refractivity contribution < 1.29 is 31.1 Å². The number of carbonyl (C=O) groups excluding carboxylic acids is 1. The molecule has 0 radical (unpaired) electrons. The molecule has 2 N–H and O–H groups in total. The molecule has 0 bridgehead atoms. The van der Waals surface area contributed by atoms with Crippen molar-refractivity contribution in [3.8, 4) is 0 Å². The van der Waals surface area contributed by atoms with E-state index in [4.69, 9.17) is 4.74 Å². The zero-order chi connectivity index (χ0) is 21.2. The standard InChI is InChI=1S/C19H19F3N2O4S/c1-12-7-8-14(23-18(25)16-6-3-9-28-16)11-17(12)29(26,27)24-15-5-2-4-13(10-15)19(20,21)22/h2,4-5,7-8,10-11,16,24H,3,6,9H2,1H3,(H,23,25)/t16-/m0/s1. The van der Waals surface area contributed by atoms with Gasteiger partial charge in [0, 0.05) is 18.0 Å². The Labute approximate surface area is 166 Å². The van der Waals surface area contributed by atoms with E-state index in [1.807, 2.05) is 0 Å². The highest BCUT2D eigenvalue weighted by Gasteiger charge is 2.31. The Morgan fingerprint density at radius 2 is 1.90 bits per heavy atom. The van der Waals surface area contributed by atoms with Crippen LogP contribution in [0.3, 0.4) is 0 Å². The maximum Gasteiger partial charge on any atom is 0.416 e. The fraction of sp³-hybridized carbons (Fsp3) is 0.316. The number of alkyl halides is 3. The predicted octanol–water partition coefficient (Wildman–Crippen LogP) is 3.93. The molecule has 10 heteroatoms. The van der Waals surface area contributed by atoms with Crippen LogP contribution in [-0.2, 0) is 25.7 Å². The first-order valence-corrected chi connectivity index (χ1v) is 10.3. The molecule has 0 aromatic heterocycles. The van der Waals surface area contributed by atoms with Crippen LogP contribution < -0.4 is 10.0 Å². The average Bonchev–Trinajstić information content (AvgIpc) is 3.17. The van der Waals surface area contributed by atoms with Crippen LogP contribution in [0.1, 0.15) is 24.0 Å². The van der Waals surface area contributed by atoms with E-state index in [9.17, 15) is 26.4 Å². The number of halogens is 3. The van der Waals surface area contributed by atoms with Crippen molar-refractivity contribution in [2.75, 3.05) is 16.6 Å². The smallest absolute Gasteiger partial charge is 0.368 e. The minimum Gasteiger partial charge on any atom is -0.368 e. The molecule has 3 rings (SSSR count). The van der Waals surface area contributed by atoms with Gasteiger partial charge in [0.2, 0.25) is 0 Å². The second-order valence-electron chi connectivity index (χ2n) is 6.66. The summed E-state index contributed by atoms with van der Waals surface area (Å²) in [4.78, 5) is 12.0. The second-order valence-corrected chi connectivity index (χ2v) is 8.31. The van der Waals surface area contributed by atoms with Crippen LogP contribution >= 0.6 is 0 Å². The molecule has 2 aromatic carbocycles. The van der Waals surface area contributed by atoms with Crippen molar-refractivity contribution in [3.63, 3.8) is 0 Å². The van der Waals surface area contributed by atoms with E-state index in [-0.39, 0.29) is 22.2 Å². The number of carbonyl (C=O) groups is 1. The van der Waals surface area contributed by atoms with Gasteiger partial charge in [-0.15, -0.1) is 0 Å². The van der Waals surface area contributed by atoms with Gasteiger partial charge in [-0.1, -0.05) is 12.1 Å². The Bertz CT molecular complexity index is 1020. The SMILES string of the molecule is Cc1ccc(NC(=O)[C@@H]2CCCO2)cc1S(=O)(=O)Nc1cccc(C(F)(F)F)c1. The molecular weight excluding hydrogens is 409 g/mol. The van der Waals surface area contributed by atoms with Crippen LogP contribution in [-0.4, -0.2) is 27.0 Å². The van der Waals surface area contributed by atoms with Gasteiger partial charge < -0.3 is 10.1 Å². The molecule has 1 aliphatic heterocycles. The number of hydrogen-bond acceptors (Lipinski definition) is 4. The maximum absolute atomic E-state index is 12.9. The van der Waals surface area contributed by atoms with Crippen molar-refractivity contribution in [1.82, 2.24) is 0 Å². The monoisotopic (exact) mass is 428 g/mol. The number of benzene rings is 2. The Morgan fingerprint density at radius 1 is 1.14 bits per heavy atom. The highest BCUT2D eigenvalue weighted by atomic mass is 32.2. The minimum atomic E-state index is -4.59. The van der Waals surface area contributed by atoms with E-state index in [0.717, 1.165) is 24.6 Å². The van der Waals surface area contributed by atoms with Crippen molar-refractivity contribution in [2.24, 2.45) is 0 Å². The summed E-state index contributed by atoms with van der Waals surface area (Å²) in [5, 5.41) is 2.61. The Hall–Kier alpha value is -2.59. The van der Waals surface area contributed by atoms with Crippen LogP contribution in [0, 0.1) is 6.92 Å². The van der Waals surface area contributed by atoms with Crippen molar-refractivity contribution in [3.05, 3.63) is 53.6 Å². The molecule has 1 heterocycles. The van der Waals surface area contributed by atoms with E-state index in [0.29, 0.717) is 18.6 Å². The lowest BCUT2D eigenvalue weighted by Gasteiger charge is -2.15. The van der Waals surface area contributed by atoms with Crippen LogP contribution in [0.2, 0.25) is 0 Å². The van der Waals surface area contributed by atoms with E-state index >= 15 is 0 Å². The molecule has 1 atom stereocenters. The molecule has 1 amide bonds. The molecule has 6 nitrogen and oxygen atoms in total. The third-order valence-electron chi connectivity index (χ3n) is 4.41. The van der Waals surface area contributed by atoms with E-state index < -0.39 is 27.9 Å². The summed E-state index contributed by atoms with van der Waals surface area (Å²) in [5.74, 6) is -0.375. The van der Waals surface area contributed by atoms with Gasteiger partial charge in [0.25, 0.3) is 15.9 Å². The van der Waals surface area contributed by atoms with Gasteiger partial charge in [-0.3, -0.25) is 9.52 Å². The highest BCUT2D eigenvalue weighted by Crippen LogP contribution is 2.31. The van der Waals surface area contributed by atoms with Gasteiger partial charge in [-0.25, -0.2) is 8.42 Å². The average molecular weight is 428 g/mol. The Morgan fingerprint density at radius 3 is 2.55 bits per heavy atom. The number of hydrogen-bond donors (Lipinski definition) is 2. The molecule has 0 spiro atoms. The highest BCUT2D eigenvalue weighted by molar-refractivity contribution is 7.92. The van der Waals surface area contributed by atoms with Crippen molar-refractivity contribution >= 4 is 27.3 Å². The summed E-state index contributed by atoms with van der Waals surface area (Å²) in [7, 11) is -4.18.